The first kappa shape index (κ1) is 21.1. The zero-order valence-electron chi connectivity index (χ0n) is 15.7. The molecule has 1 heterocycles. The normalized spacial score (nSPS) is 18.9. The third-order valence-corrected chi connectivity index (χ3v) is 4.58. The lowest BCUT2D eigenvalue weighted by molar-refractivity contribution is 0.0917. The van der Waals surface area contributed by atoms with Crippen molar-refractivity contribution in [2.45, 2.75) is 38.8 Å². The number of hydrogen-bond acceptors (Lipinski definition) is 4. The summed E-state index contributed by atoms with van der Waals surface area (Å²) in [4.78, 5) is 12.8. The van der Waals surface area contributed by atoms with Gasteiger partial charge in [0.25, 0.3) is 5.91 Å². The maximum absolute atomic E-state index is 12.8. The van der Waals surface area contributed by atoms with Crippen LogP contribution in [0.15, 0.2) is 48.5 Å². The Morgan fingerprint density at radius 2 is 1.78 bits per heavy atom. The molecule has 1 amide bonds. The van der Waals surface area contributed by atoms with Crippen molar-refractivity contribution in [3.8, 4) is 17.2 Å². The molecule has 27 heavy (non-hydrogen) atoms. The van der Waals surface area contributed by atoms with Gasteiger partial charge < -0.3 is 20.1 Å². The highest BCUT2D eigenvalue weighted by Gasteiger charge is 2.24. The minimum Gasteiger partial charge on any atom is -0.490 e. The van der Waals surface area contributed by atoms with Crippen molar-refractivity contribution >= 4 is 18.3 Å². The van der Waals surface area contributed by atoms with Gasteiger partial charge in [-0.1, -0.05) is 24.3 Å². The quantitative estimate of drug-likeness (QED) is 0.777. The van der Waals surface area contributed by atoms with E-state index in [0.717, 1.165) is 19.4 Å². The molecule has 5 nitrogen and oxygen atoms in total. The van der Waals surface area contributed by atoms with E-state index >= 15 is 0 Å². The zero-order chi connectivity index (χ0) is 18.4. The third-order valence-electron chi connectivity index (χ3n) is 4.58. The van der Waals surface area contributed by atoms with Crippen LogP contribution >= 0.6 is 12.4 Å². The van der Waals surface area contributed by atoms with Gasteiger partial charge in [0.1, 0.15) is 5.75 Å². The molecular formula is C21H27ClN2O3. The number of carbonyl (C=O) groups excluding carboxylic acids is 1. The van der Waals surface area contributed by atoms with Crippen LogP contribution in [0.2, 0.25) is 0 Å². The molecule has 3 rings (SSSR count). The number of hydrogen-bond donors (Lipinski definition) is 2. The fraction of sp³-hybridized carbons (Fsp3) is 0.381. The van der Waals surface area contributed by atoms with Crippen LogP contribution in [0.1, 0.15) is 37.0 Å². The Kier molecular flexibility index (Phi) is 7.95. The van der Waals surface area contributed by atoms with Crippen LogP contribution in [-0.4, -0.2) is 31.1 Å². The molecule has 0 spiro atoms. The Morgan fingerprint density at radius 1 is 1.11 bits per heavy atom. The highest BCUT2D eigenvalue weighted by Crippen LogP contribution is 2.33. The van der Waals surface area contributed by atoms with Gasteiger partial charge in [-0.25, -0.2) is 0 Å². The Morgan fingerprint density at radius 3 is 2.48 bits per heavy atom. The first-order valence-corrected chi connectivity index (χ1v) is 9.22. The molecule has 1 aliphatic rings. The molecule has 1 fully saturated rings. The standard InChI is InChI=1S/C21H26N2O3.ClH/c1-3-25-19-12-6-7-13-20(19)26-18-11-5-4-9-16(18)21(24)23-17-10-8-14-22-15(17)2;/h4-7,9,11-13,15,17,22H,3,8,10,14H2,1-2H3,(H,23,24);1H. The van der Waals surface area contributed by atoms with Crippen LogP contribution < -0.4 is 20.1 Å². The second-order valence-electron chi connectivity index (χ2n) is 6.44. The van der Waals surface area contributed by atoms with E-state index in [0.29, 0.717) is 29.4 Å². The van der Waals surface area contributed by atoms with E-state index < -0.39 is 0 Å². The average molecular weight is 391 g/mol. The first-order valence-electron chi connectivity index (χ1n) is 9.22. The van der Waals surface area contributed by atoms with Gasteiger partial charge in [0.2, 0.25) is 0 Å². The van der Waals surface area contributed by atoms with Gasteiger partial charge in [-0.2, -0.15) is 0 Å². The summed E-state index contributed by atoms with van der Waals surface area (Å²) in [5.41, 5.74) is 0.525. The highest BCUT2D eigenvalue weighted by molar-refractivity contribution is 5.97. The molecule has 0 saturated carbocycles. The molecule has 0 aliphatic carbocycles. The van der Waals surface area contributed by atoms with Gasteiger partial charge in [0, 0.05) is 12.1 Å². The predicted octanol–water partition coefficient (Wildman–Crippen LogP) is 4.17. The molecule has 0 aromatic heterocycles. The van der Waals surface area contributed by atoms with Crippen LogP contribution in [0.25, 0.3) is 0 Å². The van der Waals surface area contributed by atoms with Gasteiger partial charge in [0.05, 0.1) is 12.2 Å². The van der Waals surface area contributed by atoms with Crippen LogP contribution in [0, 0.1) is 0 Å². The largest absolute Gasteiger partial charge is 0.490 e. The molecule has 2 unspecified atom stereocenters. The van der Waals surface area contributed by atoms with Crippen LogP contribution in [0.5, 0.6) is 17.2 Å². The van der Waals surface area contributed by atoms with Crippen molar-refractivity contribution in [3.63, 3.8) is 0 Å². The number of benzene rings is 2. The zero-order valence-corrected chi connectivity index (χ0v) is 16.6. The molecule has 0 radical (unpaired) electrons. The van der Waals surface area contributed by atoms with Crippen LogP contribution in [-0.2, 0) is 0 Å². The van der Waals surface area contributed by atoms with Gasteiger partial charge in [-0.15, -0.1) is 12.4 Å². The topological polar surface area (TPSA) is 59.6 Å². The molecule has 2 atom stereocenters. The van der Waals surface area contributed by atoms with Crippen molar-refractivity contribution in [2.75, 3.05) is 13.2 Å². The highest BCUT2D eigenvalue weighted by atomic mass is 35.5. The summed E-state index contributed by atoms with van der Waals surface area (Å²) >= 11 is 0. The molecule has 2 aromatic carbocycles. The molecule has 1 saturated heterocycles. The number of rotatable bonds is 6. The van der Waals surface area contributed by atoms with Gasteiger partial charge in [-0.3, -0.25) is 4.79 Å². The Labute approximate surface area is 166 Å². The number of para-hydroxylation sites is 3. The summed E-state index contributed by atoms with van der Waals surface area (Å²) in [6.45, 7) is 5.58. The summed E-state index contributed by atoms with van der Waals surface area (Å²) in [7, 11) is 0. The van der Waals surface area contributed by atoms with E-state index in [1.165, 1.54) is 0 Å². The average Bonchev–Trinajstić information content (AvgIpc) is 2.66. The van der Waals surface area contributed by atoms with Crippen molar-refractivity contribution < 1.29 is 14.3 Å². The van der Waals surface area contributed by atoms with Gasteiger partial charge in [-0.05, 0) is 57.5 Å². The number of halogens is 1. The van der Waals surface area contributed by atoms with Crippen LogP contribution in [0.4, 0.5) is 0 Å². The SMILES string of the molecule is CCOc1ccccc1Oc1ccccc1C(=O)NC1CCCNC1C.Cl. The first-order chi connectivity index (χ1) is 12.7. The lowest BCUT2D eigenvalue weighted by Crippen LogP contribution is -2.51. The van der Waals surface area contributed by atoms with Gasteiger partial charge >= 0.3 is 0 Å². The summed E-state index contributed by atoms with van der Waals surface area (Å²) < 4.78 is 11.6. The van der Waals surface area contributed by atoms with Crippen molar-refractivity contribution in [1.82, 2.24) is 10.6 Å². The van der Waals surface area contributed by atoms with E-state index in [-0.39, 0.29) is 30.4 Å². The monoisotopic (exact) mass is 390 g/mol. The smallest absolute Gasteiger partial charge is 0.255 e. The summed E-state index contributed by atoms with van der Waals surface area (Å²) in [6, 6.07) is 15.2. The number of carbonyl (C=O) groups is 1. The molecule has 1 aliphatic heterocycles. The fourth-order valence-corrected chi connectivity index (χ4v) is 3.16. The Balaban J connectivity index is 0.00000261. The Bertz CT molecular complexity index is 754. The third kappa shape index (κ3) is 5.37. The Hall–Kier alpha value is -2.24. The second-order valence-corrected chi connectivity index (χ2v) is 6.44. The molecule has 2 N–H and O–H groups in total. The molecule has 146 valence electrons. The minimum absolute atomic E-state index is 0. The minimum atomic E-state index is -0.116. The molecule has 6 heteroatoms. The summed E-state index contributed by atoms with van der Waals surface area (Å²) in [5.74, 6) is 1.67. The predicted molar refractivity (Wildman–Crippen MR) is 109 cm³/mol. The fourth-order valence-electron chi connectivity index (χ4n) is 3.16. The van der Waals surface area contributed by atoms with Crippen molar-refractivity contribution in [1.29, 1.82) is 0 Å². The second kappa shape index (κ2) is 10.2. The van der Waals surface area contributed by atoms with E-state index in [2.05, 4.69) is 17.6 Å². The van der Waals surface area contributed by atoms with E-state index in [1.54, 1.807) is 12.1 Å². The molecule has 0 bridgehead atoms. The maximum atomic E-state index is 12.8. The number of piperidine rings is 1. The van der Waals surface area contributed by atoms with E-state index in [4.69, 9.17) is 9.47 Å². The van der Waals surface area contributed by atoms with Crippen LogP contribution in [0.3, 0.4) is 0 Å². The van der Waals surface area contributed by atoms with Crippen molar-refractivity contribution in [2.24, 2.45) is 0 Å². The van der Waals surface area contributed by atoms with Crippen molar-refractivity contribution in [3.05, 3.63) is 54.1 Å². The summed E-state index contributed by atoms with van der Waals surface area (Å²) in [5, 5.41) is 6.54. The number of nitrogens with one attached hydrogen (secondary N) is 2. The molecular weight excluding hydrogens is 364 g/mol. The lowest BCUT2D eigenvalue weighted by atomic mass is 9.99. The van der Waals surface area contributed by atoms with E-state index in [1.807, 2.05) is 43.3 Å². The summed E-state index contributed by atoms with van der Waals surface area (Å²) in [6.07, 6.45) is 2.05. The number of amides is 1. The maximum Gasteiger partial charge on any atom is 0.255 e. The van der Waals surface area contributed by atoms with Gasteiger partial charge in [0.15, 0.2) is 11.5 Å². The molecule has 2 aromatic rings. The van der Waals surface area contributed by atoms with E-state index in [9.17, 15) is 4.79 Å². The lowest BCUT2D eigenvalue weighted by Gasteiger charge is -2.30. The number of ether oxygens (including phenoxy) is 2.